The molecule has 0 atom stereocenters. The summed E-state index contributed by atoms with van der Waals surface area (Å²) >= 11 is 1.80. The van der Waals surface area contributed by atoms with Crippen LogP contribution in [0, 0.1) is 5.92 Å². The van der Waals surface area contributed by atoms with E-state index in [1.54, 1.807) is 17.7 Å². The van der Waals surface area contributed by atoms with E-state index in [2.05, 4.69) is 44.8 Å². The van der Waals surface area contributed by atoms with E-state index in [1.807, 2.05) is 0 Å². The van der Waals surface area contributed by atoms with Crippen LogP contribution in [0.2, 0.25) is 0 Å². The number of nitrogens with zero attached hydrogens (tertiary/aromatic N) is 3. The molecule has 0 saturated heterocycles. The standard InChI is InChI=1S/C17H14N4S/c1-2-11-12-6-7-22-16(12)14(8-10-4-5-10)20-15(11)13(3-1)17-18-9-19-21-17/h1-3,6-7,9-10H,4-5,8H2,(H,18,19,21). The molecule has 3 heterocycles. The Hall–Kier alpha value is -2.27. The van der Waals surface area contributed by atoms with Crippen molar-refractivity contribution in [3.63, 3.8) is 0 Å². The number of nitrogens with one attached hydrogen (secondary N) is 1. The zero-order valence-electron chi connectivity index (χ0n) is 11.9. The van der Waals surface area contributed by atoms with Gasteiger partial charge in [-0.1, -0.05) is 12.1 Å². The first-order chi connectivity index (χ1) is 10.9. The van der Waals surface area contributed by atoms with E-state index in [0.717, 1.165) is 29.2 Å². The van der Waals surface area contributed by atoms with Crippen LogP contribution in [0.25, 0.3) is 32.4 Å². The molecule has 4 aromatic rings. The van der Waals surface area contributed by atoms with Crippen LogP contribution < -0.4 is 0 Å². The number of aromatic nitrogens is 4. The Balaban J connectivity index is 1.85. The van der Waals surface area contributed by atoms with Crippen molar-refractivity contribution in [2.75, 3.05) is 0 Å². The fourth-order valence-electron chi connectivity index (χ4n) is 3.07. The Morgan fingerprint density at radius 1 is 1.18 bits per heavy atom. The molecule has 5 rings (SSSR count). The molecule has 1 saturated carbocycles. The van der Waals surface area contributed by atoms with Gasteiger partial charge in [0.1, 0.15) is 6.33 Å². The first kappa shape index (κ1) is 12.3. The summed E-state index contributed by atoms with van der Waals surface area (Å²) in [4.78, 5) is 8.13. The molecule has 0 aliphatic heterocycles. The maximum Gasteiger partial charge on any atom is 0.163 e. The van der Waals surface area contributed by atoms with Crippen molar-refractivity contribution in [1.82, 2.24) is 20.2 Å². The van der Waals surface area contributed by atoms with Gasteiger partial charge in [-0.3, -0.25) is 4.98 Å². The largest absolute Gasteiger partial charge is 0.327 e. The number of hydrogen-bond donors (Lipinski definition) is 1. The van der Waals surface area contributed by atoms with Gasteiger partial charge in [-0.05, 0) is 42.7 Å². The second kappa shape index (κ2) is 4.61. The van der Waals surface area contributed by atoms with Crippen LogP contribution in [-0.2, 0) is 6.42 Å². The molecule has 0 amide bonds. The van der Waals surface area contributed by atoms with Gasteiger partial charge in [0.15, 0.2) is 5.82 Å². The number of aromatic amines is 1. The van der Waals surface area contributed by atoms with Gasteiger partial charge in [-0.2, -0.15) is 0 Å². The summed E-state index contributed by atoms with van der Waals surface area (Å²) in [6.45, 7) is 0. The average molecular weight is 306 g/mol. The number of pyridine rings is 1. The molecule has 108 valence electrons. The lowest BCUT2D eigenvalue weighted by Gasteiger charge is -2.08. The molecule has 0 unspecified atom stereocenters. The lowest BCUT2D eigenvalue weighted by molar-refractivity contribution is 0.817. The Morgan fingerprint density at radius 2 is 2.14 bits per heavy atom. The molecule has 4 nitrogen and oxygen atoms in total. The van der Waals surface area contributed by atoms with Crippen molar-refractivity contribution >= 4 is 32.3 Å². The second-order valence-corrected chi connectivity index (χ2v) is 6.82. The number of fused-ring (bicyclic) bond motifs is 3. The third-order valence-corrected chi connectivity index (χ3v) is 5.31. The molecular formula is C17H14N4S. The van der Waals surface area contributed by atoms with Gasteiger partial charge in [-0.25, -0.2) is 0 Å². The summed E-state index contributed by atoms with van der Waals surface area (Å²) in [5.41, 5.74) is 3.30. The molecule has 5 heteroatoms. The van der Waals surface area contributed by atoms with E-state index in [0.29, 0.717) is 0 Å². The van der Waals surface area contributed by atoms with E-state index in [4.69, 9.17) is 4.98 Å². The predicted octanol–water partition coefficient (Wildman–Crippen LogP) is 4.19. The Kier molecular flexibility index (Phi) is 2.58. The number of rotatable bonds is 3. The highest BCUT2D eigenvalue weighted by Gasteiger charge is 2.24. The molecule has 0 bridgehead atoms. The zero-order chi connectivity index (χ0) is 14.5. The molecular weight excluding hydrogens is 292 g/mol. The van der Waals surface area contributed by atoms with Gasteiger partial charge in [0.2, 0.25) is 0 Å². The normalized spacial score (nSPS) is 14.9. The van der Waals surface area contributed by atoms with Crippen molar-refractivity contribution in [1.29, 1.82) is 0 Å². The third-order valence-electron chi connectivity index (χ3n) is 4.35. The molecule has 0 radical (unpaired) electrons. The van der Waals surface area contributed by atoms with Gasteiger partial charge < -0.3 is 4.98 Å². The average Bonchev–Trinajstić information content (AvgIpc) is 3.05. The van der Waals surface area contributed by atoms with Crippen molar-refractivity contribution in [3.8, 4) is 11.4 Å². The van der Waals surface area contributed by atoms with Crippen molar-refractivity contribution in [2.24, 2.45) is 5.92 Å². The minimum absolute atomic E-state index is 0.782. The summed E-state index contributed by atoms with van der Waals surface area (Å²) in [5, 5.41) is 12.8. The van der Waals surface area contributed by atoms with Crippen molar-refractivity contribution in [2.45, 2.75) is 19.3 Å². The smallest absolute Gasteiger partial charge is 0.163 e. The maximum absolute atomic E-state index is 5.03. The van der Waals surface area contributed by atoms with Crippen LogP contribution in [0.3, 0.4) is 0 Å². The molecule has 1 aliphatic carbocycles. The number of hydrogen-bond acceptors (Lipinski definition) is 4. The topological polar surface area (TPSA) is 54.5 Å². The fraction of sp³-hybridized carbons (Fsp3) is 0.235. The summed E-state index contributed by atoms with van der Waals surface area (Å²) in [5.74, 6) is 1.61. The van der Waals surface area contributed by atoms with E-state index < -0.39 is 0 Å². The minimum atomic E-state index is 0.782. The highest BCUT2D eigenvalue weighted by molar-refractivity contribution is 7.17. The number of benzene rings is 1. The third kappa shape index (κ3) is 1.85. The molecule has 3 aromatic heterocycles. The van der Waals surface area contributed by atoms with E-state index in [1.165, 1.54) is 34.0 Å². The highest BCUT2D eigenvalue weighted by Crippen LogP contribution is 2.38. The lowest BCUT2D eigenvalue weighted by atomic mass is 10.0. The van der Waals surface area contributed by atoms with E-state index in [-0.39, 0.29) is 0 Å². The van der Waals surface area contributed by atoms with Crippen LogP contribution in [0.15, 0.2) is 36.0 Å². The number of H-pyrrole nitrogens is 1. The quantitative estimate of drug-likeness (QED) is 0.617. The number of para-hydroxylation sites is 1. The molecule has 1 fully saturated rings. The first-order valence-corrected chi connectivity index (χ1v) is 8.43. The predicted molar refractivity (Wildman–Crippen MR) is 88.9 cm³/mol. The molecule has 1 N–H and O–H groups in total. The van der Waals surface area contributed by atoms with Gasteiger partial charge in [0.25, 0.3) is 0 Å². The summed E-state index contributed by atoms with van der Waals surface area (Å²) in [6, 6.07) is 8.50. The van der Waals surface area contributed by atoms with Crippen LogP contribution in [0.4, 0.5) is 0 Å². The first-order valence-electron chi connectivity index (χ1n) is 7.55. The Morgan fingerprint density at radius 3 is 2.95 bits per heavy atom. The van der Waals surface area contributed by atoms with Gasteiger partial charge in [-0.15, -0.1) is 21.5 Å². The van der Waals surface area contributed by atoms with Gasteiger partial charge in [0.05, 0.1) is 15.9 Å². The molecule has 22 heavy (non-hydrogen) atoms. The van der Waals surface area contributed by atoms with Crippen LogP contribution in [0.5, 0.6) is 0 Å². The second-order valence-electron chi connectivity index (χ2n) is 5.91. The maximum atomic E-state index is 5.03. The Labute approximate surface area is 131 Å². The molecule has 1 aromatic carbocycles. The lowest BCUT2D eigenvalue weighted by Crippen LogP contribution is -1.95. The summed E-state index contributed by atoms with van der Waals surface area (Å²) in [7, 11) is 0. The number of thiophene rings is 1. The monoisotopic (exact) mass is 306 g/mol. The molecule has 1 aliphatic rings. The highest BCUT2D eigenvalue weighted by atomic mass is 32.1. The van der Waals surface area contributed by atoms with Crippen LogP contribution >= 0.6 is 11.3 Å². The molecule has 0 spiro atoms. The fourth-order valence-corrected chi connectivity index (χ4v) is 3.98. The SMILES string of the molecule is c1cc(-c2nnc[nH]2)c2nc(CC3CC3)c3sccc3c2c1. The van der Waals surface area contributed by atoms with Gasteiger partial charge in [0, 0.05) is 16.3 Å². The Bertz CT molecular complexity index is 967. The van der Waals surface area contributed by atoms with Crippen molar-refractivity contribution in [3.05, 3.63) is 41.7 Å². The van der Waals surface area contributed by atoms with E-state index in [9.17, 15) is 0 Å². The minimum Gasteiger partial charge on any atom is -0.327 e. The van der Waals surface area contributed by atoms with Crippen molar-refractivity contribution < 1.29 is 0 Å². The van der Waals surface area contributed by atoms with Crippen LogP contribution in [0.1, 0.15) is 18.5 Å². The van der Waals surface area contributed by atoms with E-state index >= 15 is 0 Å². The van der Waals surface area contributed by atoms with Gasteiger partial charge >= 0.3 is 0 Å². The zero-order valence-corrected chi connectivity index (χ0v) is 12.7. The summed E-state index contributed by atoms with van der Waals surface area (Å²) < 4.78 is 1.34. The summed E-state index contributed by atoms with van der Waals surface area (Å²) in [6.07, 6.45) is 5.40. The van der Waals surface area contributed by atoms with Crippen LogP contribution in [-0.4, -0.2) is 20.2 Å².